The number of aliphatic hydroxyl groups excluding tert-OH is 1. The van der Waals surface area contributed by atoms with Crippen molar-refractivity contribution >= 4 is 10.1 Å². The summed E-state index contributed by atoms with van der Waals surface area (Å²) in [6.45, 7) is 4.17. The summed E-state index contributed by atoms with van der Waals surface area (Å²) in [5.41, 5.74) is 0. The van der Waals surface area contributed by atoms with Gasteiger partial charge in [0.25, 0.3) is 0 Å². The van der Waals surface area contributed by atoms with E-state index in [0.29, 0.717) is 12.8 Å². The van der Waals surface area contributed by atoms with Crippen LogP contribution in [-0.4, -0.2) is 29.4 Å². The molecule has 0 aromatic heterocycles. The zero-order valence-electron chi connectivity index (χ0n) is 20.4. The van der Waals surface area contributed by atoms with Crippen LogP contribution < -0.4 is 51.4 Å². The molecule has 0 amide bonds. The summed E-state index contributed by atoms with van der Waals surface area (Å²) in [7, 11) is -4.13. The van der Waals surface area contributed by atoms with Crippen LogP contribution in [0, 0.1) is 0 Å². The predicted octanol–water partition coefficient (Wildman–Crippen LogP) is 4.11. The van der Waals surface area contributed by atoms with Crippen LogP contribution in [0.3, 0.4) is 0 Å². The zero-order chi connectivity index (χ0) is 21.8. The van der Waals surface area contributed by atoms with Crippen LogP contribution in [0.5, 0.6) is 0 Å². The van der Waals surface area contributed by atoms with Crippen molar-refractivity contribution < 1.29 is 69.5 Å². The second-order valence-electron chi connectivity index (χ2n) is 8.87. The molecule has 0 heterocycles. The zero-order valence-corrected chi connectivity index (χ0v) is 24.3. The van der Waals surface area contributed by atoms with Gasteiger partial charge in [0.1, 0.15) is 0 Å². The van der Waals surface area contributed by atoms with Gasteiger partial charge in [-0.2, -0.15) is 0 Å². The first kappa shape index (κ1) is 33.7. The second-order valence-corrected chi connectivity index (χ2v) is 10.5. The number of hydrogen-bond acceptors (Lipinski definition) is 4. The molecule has 6 heteroatoms. The van der Waals surface area contributed by atoms with Crippen molar-refractivity contribution in [3.05, 3.63) is 0 Å². The Kier molecular flexibility index (Phi) is 26.6. The van der Waals surface area contributed by atoms with E-state index in [0.717, 1.165) is 44.9 Å². The molecule has 2 atom stereocenters. The fraction of sp³-hybridized carbons (Fsp3) is 1.00. The number of aliphatic hydroxyl groups is 1. The Morgan fingerprint density at radius 3 is 1.33 bits per heavy atom. The molecule has 1 N–H and O–H groups in total. The molecule has 2 unspecified atom stereocenters. The maximum Gasteiger partial charge on any atom is 1.00 e. The summed E-state index contributed by atoms with van der Waals surface area (Å²) in [5.74, 6) is 0. The van der Waals surface area contributed by atoms with E-state index in [9.17, 15) is 18.1 Å². The third-order valence-corrected chi connectivity index (χ3v) is 7.26. The third-order valence-electron chi connectivity index (χ3n) is 5.97. The molecule has 0 saturated heterocycles. The molecule has 0 rings (SSSR count). The molecular formula is C24H49KO4S. The van der Waals surface area contributed by atoms with E-state index >= 15 is 0 Å². The van der Waals surface area contributed by atoms with E-state index in [4.69, 9.17) is 0 Å². The van der Waals surface area contributed by atoms with Crippen LogP contribution in [-0.2, 0) is 10.1 Å². The molecule has 0 aromatic carbocycles. The van der Waals surface area contributed by atoms with Crippen LogP contribution in [0.15, 0.2) is 0 Å². The van der Waals surface area contributed by atoms with Gasteiger partial charge in [-0.1, -0.05) is 117 Å². The van der Waals surface area contributed by atoms with E-state index < -0.39 is 15.4 Å². The van der Waals surface area contributed by atoms with E-state index in [1.165, 1.54) is 70.6 Å². The summed E-state index contributed by atoms with van der Waals surface area (Å²) in [5, 5.41) is 9.38. The summed E-state index contributed by atoms with van der Waals surface area (Å²) >= 11 is 0. The van der Waals surface area contributed by atoms with Crippen LogP contribution >= 0.6 is 0 Å². The van der Waals surface area contributed by atoms with Crippen molar-refractivity contribution in [2.75, 3.05) is 0 Å². The average molecular weight is 473 g/mol. The maximum atomic E-state index is 11.2. The van der Waals surface area contributed by atoms with E-state index in [1.807, 2.05) is 6.92 Å². The van der Waals surface area contributed by atoms with Crippen LogP contribution in [0.4, 0.5) is 0 Å². The van der Waals surface area contributed by atoms with Gasteiger partial charge in [-0.05, 0) is 25.7 Å². The smallest absolute Gasteiger partial charge is 0.748 e. The Labute approximate surface area is 230 Å². The fourth-order valence-corrected chi connectivity index (χ4v) is 5.03. The number of unbranched alkanes of at least 4 members (excludes halogenated alkanes) is 13. The molecule has 0 saturated carbocycles. The van der Waals surface area contributed by atoms with Crippen molar-refractivity contribution in [3.63, 3.8) is 0 Å². The van der Waals surface area contributed by atoms with Gasteiger partial charge >= 0.3 is 51.4 Å². The molecule has 0 radical (unpaired) electrons. The SMILES string of the molecule is CCCCCCCCCC(O)CCCCCCCCCCC(CCC)S(=O)(=O)[O-].[K+]. The van der Waals surface area contributed by atoms with Gasteiger partial charge in [0.05, 0.1) is 16.2 Å². The van der Waals surface area contributed by atoms with Gasteiger partial charge in [-0.3, -0.25) is 0 Å². The second kappa shape index (κ2) is 23.7. The van der Waals surface area contributed by atoms with Gasteiger partial charge in [-0.25, -0.2) is 8.42 Å². The van der Waals surface area contributed by atoms with Gasteiger partial charge in [0, 0.05) is 5.25 Å². The molecule has 4 nitrogen and oxygen atoms in total. The summed E-state index contributed by atoms with van der Waals surface area (Å²) in [6, 6.07) is 0. The monoisotopic (exact) mass is 472 g/mol. The van der Waals surface area contributed by atoms with Gasteiger partial charge in [0.2, 0.25) is 0 Å². The Balaban J connectivity index is 0. The van der Waals surface area contributed by atoms with Gasteiger partial charge < -0.3 is 9.66 Å². The van der Waals surface area contributed by atoms with Crippen LogP contribution in [0.2, 0.25) is 0 Å². The summed E-state index contributed by atoms with van der Waals surface area (Å²) in [6.07, 6.45) is 21.6. The number of rotatable bonds is 22. The first-order chi connectivity index (χ1) is 13.9. The fourth-order valence-electron chi connectivity index (χ4n) is 4.05. The first-order valence-corrected chi connectivity index (χ1v) is 14.0. The summed E-state index contributed by atoms with van der Waals surface area (Å²) < 4.78 is 33.6. The molecule has 0 aromatic rings. The third kappa shape index (κ3) is 22.7. The molecule has 0 aliphatic heterocycles. The molecule has 176 valence electrons. The predicted molar refractivity (Wildman–Crippen MR) is 123 cm³/mol. The molecule has 0 fully saturated rings. The van der Waals surface area contributed by atoms with Crippen LogP contribution in [0.1, 0.15) is 142 Å². The molecule has 0 bridgehead atoms. The Morgan fingerprint density at radius 1 is 0.600 bits per heavy atom. The van der Waals surface area contributed by atoms with E-state index in [2.05, 4.69) is 6.92 Å². The molecule has 0 spiro atoms. The van der Waals surface area contributed by atoms with Crippen molar-refractivity contribution in [3.8, 4) is 0 Å². The Hall–Kier alpha value is 1.51. The first-order valence-electron chi connectivity index (χ1n) is 12.5. The molecular weight excluding hydrogens is 423 g/mol. The minimum atomic E-state index is -4.13. The van der Waals surface area contributed by atoms with Crippen molar-refractivity contribution in [2.24, 2.45) is 0 Å². The quantitative estimate of drug-likeness (QED) is 0.146. The average Bonchev–Trinajstić information content (AvgIpc) is 2.67. The molecule has 0 aliphatic carbocycles. The van der Waals surface area contributed by atoms with E-state index in [1.54, 1.807) is 0 Å². The van der Waals surface area contributed by atoms with Gasteiger partial charge in [-0.15, -0.1) is 0 Å². The topological polar surface area (TPSA) is 77.4 Å². The Morgan fingerprint density at radius 2 is 0.967 bits per heavy atom. The molecule has 0 aliphatic rings. The molecule has 30 heavy (non-hydrogen) atoms. The van der Waals surface area contributed by atoms with Crippen molar-refractivity contribution in [1.82, 2.24) is 0 Å². The Bertz CT molecular complexity index is 442. The largest absolute Gasteiger partial charge is 1.00 e. The van der Waals surface area contributed by atoms with Crippen LogP contribution in [0.25, 0.3) is 0 Å². The van der Waals surface area contributed by atoms with Gasteiger partial charge in [0.15, 0.2) is 0 Å². The number of hydrogen-bond donors (Lipinski definition) is 1. The maximum absolute atomic E-state index is 11.2. The van der Waals surface area contributed by atoms with Crippen molar-refractivity contribution in [2.45, 2.75) is 154 Å². The minimum absolute atomic E-state index is 0. The standard InChI is InChI=1S/C24H50O4S.K/c1-3-5-6-7-10-13-16-20-23(25)21-17-14-11-8-9-12-15-18-22-24(19-4-2)29(26,27)28;/h23-25H,3-22H2,1-2H3,(H,26,27,28);/q;+1/p-1. The minimum Gasteiger partial charge on any atom is -0.748 e. The summed E-state index contributed by atoms with van der Waals surface area (Å²) in [4.78, 5) is 0. The van der Waals surface area contributed by atoms with E-state index in [-0.39, 0.29) is 57.5 Å². The normalized spacial score (nSPS) is 13.7. The van der Waals surface area contributed by atoms with Crippen molar-refractivity contribution in [1.29, 1.82) is 0 Å².